The first-order valence-electron chi connectivity index (χ1n) is 6.45. The van der Waals surface area contributed by atoms with E-state index in [0.29, 0.717) is 0 Å². The molecule has 0 aromatic carbocycles. The minimum absolute atomic E-state index is 0.0730. The van der Waals surface area contributed by atoms with Crippen LogP contribution in [0.4, 0.5) is 0 Å². The first kappa shape index (κ1) is 21.5. The van der Waals surface area contributed by atoms with E-state index in [4.69, 9.17) is 15.9 Å². The van der Waals surface area contributed by atoms with E-state index < -0.39 is 55.0 Å². The van der Waals surface area contributed by atoms with Gasteiger partial charge in [0.2, 0.25) is 17.7 Å². The Kier molecular flexibility index (Phi) is 10.4. The van der Waals surface area contributed by atoms with Gasteiger partial charge in [0.25, 0.3) is 0 Å². The van der Waals surface area contributed by atoms with Gasteiger partial charge in [-0.15, -0.1) is 0 Å². The molecule has 10 nitrogen and oxygen atoms in total. The number of carboxylic acid groups (broad SMARTS) is 1. The van der Waals surface area contributed by atoms with E-state index >= 15 is 0 Å². The number of carboxylic acids is 1. The average Bonchev–Trinajstić information content (AvgIpc) is 2.53. The van der Waals surface area contributed by atoms with Gasteiger partial charge < -0.3 is 31.9 Å². The number of aliphatic hydroxyl groups excluding tert-OH is 1. The Hall–Kier alpha value is -1.50. The van der Waals surface area contributed by atoms with Crippen molar-refractivity contribution in [3.63, 3.8) is 0 Å². The third kappa shape index (κ3) is 8.06. The summed E-state index contributed by atoms with van der Waals surface area (Å²) < 4.78 is 0. The summed E-state index contributed by atoms with van der Waals surface area (Å²) in [7, 11) is 0. The first-order chi connectivity index (χ1) is 10.8. The number of nitrogens with one attached hydrogen (secondary N) is 3. The van der Waals surface area contributed by atoms with Crippen molar-refractivity contribution < 1.29 is 29.4 Å². The minimum atomic E-state index is -1.36. The molecular formula is C11H20N4O6S2. The molecule has 132 valence electrons. The molecule has 0 saturated heterocycles. The van der Waals surface area contributed by atoms with Crippen molar-refractivity contribution in [3.05, 3.63) is 0 Å². The van der Waals surface area contributed by atoms with Gasteiger partial charge >= 0.3 is 5.97 Å². The van der Waals surface area contributed by atoms with Crippen LogP contribution in [-0.4, -0.2) is 76.7 Å². The molecule has 0 aliphatic rings. The summed E-state index contributed by atoms with van der Waals surface area (Å²) in [6.45, 7) is -1.41. The number of carbonyl (C=O) groups is 4. The van der Waals surface area contributed by atoms with Crippen LogP contribution in [0.25, 0.3) is 0 Å². The highest BCUT2D eigenvalue weighted by Gasteiger charge is 2.26. The Morgan fingerprint density at radius 2 is 1.52 bits per heavy atom. The van der Waals surface area contributed by atoms with Gasteiger partial charge in [-0.2, -0.15) is 25.3 Å². The van der Waals surface area contributed by atoms with Crippen LogP contribution in [0.15, 0.2) is 0 Å². The Morgan fingerprint density at radius 3 is 1.96 bits per heavy atom. The average molecular weight is 368 g/mol. The largest absolute Gasteiger partial charge is 0.480 e. The minimum Gasteiger partial charge on any atom is -0.480 e. The second kappa shape index (κ2) is 11.1. The third-order valence-corrected chi connectivity index (χ3v) is 3.34. The number of rotatable bonds is 10. The van der Waals surface area contributed by atoms with Crippen LogP contribution in [0.3, 0.4) is 0 Å². The van der Waals surface area contributed by atoms with Crippen LogP contribution in [-0.2, 0) is 19.2 Å². The fourth-order valence-corrected chi connectivity index (χ4v) is 1.73. The summed E-state index contributed by atoms with van der Waals surface area (Å²) in [5.74, 6) is -3.55. The molecule has 0 radical (unpaired) electrons. The molecule has 3 amide bonds. The van der Waals surface area contributed by atoms with Gasteiger partial charge in [0.15, 0.2) is 0 Å². The molecule has 0 aliphatic carbocycles. The Balaban J connectivity index is 4.67. The molecule has 0 spiro atoms. The summed E-state index contributed by atoms with van der Waals surface area (Å²) >= 11 is 7.78. The van der Waals surface area contributed by atoms with E-state index in [1.807, 2.05) is 5.32 Å². The van der Waals surface area contributed by atoms with Crippen molar-refractivity contribution in [1.82, 2.24) is 16.0 Å². The first-order valence-corrected chi connectivity index (χ1v) is 7.71. The molecule has 12 heteroatoms. The molecule has 0 heterocycles. The molecule has 7 N–H and O–H groups in total. The predicted octanol–water partition coefficient (Wildman–Crippen LogP) is -3.66. The number of nitrogens with two attached hydrogens (primary N) is 1. The van der Waals surface area contributed by atoms with Gasteiger partial charge in [-0.25, -0.2) is 0 Å². The topological polar surface area (TPSA) is 171 Å². The molecule has 0 rings (SSSR count). The van der Waals surface area contributed by atoms with Gasteiger partial charge in [0.1, 0.15) is 18.6 Å². The smallest absolute Gasteiger partial charge is 0.322 e. The molecule has 0 aromatic heterocycles. The number of hydrogen-bond acceptors (Lipinski definition) is 8. The lowest BCUT2D eigenvalue weighted by Gasteiger charge is -2.21. The fourth-order valence-electron chi connectivity index (χ4n) is 1.31. The number of thiol groups is 2. The summed E-state index contributed by atoms with van der Waals surface area (Å²) in [4.78, 5) is 45.6. The Bertz CT molecular complexity index is 450. The van der Waals surface area contributed by atoms with Crippen LogP contribution >= 0.6 is 25.3 Å². The summed E-state index contributed by atoms with van der Waals surface area (Å²) in [5, 5.41) is 24.1. The lowest BCUT2D eigenvalue weighted by atomic mass is 10.2. The Morgan fingerprint density at radius 1 is 0.957 bits per heavy atom. The van der Waals surface area contributed by atoms with Crippen molar-refractivity contribution in [1.29, 1.82) is 0 Å². The summed E-state index contributed by atoms with van der Waals surface area (Å²) in [6.07, 6.45) is 0. The van der Waals surface area contributed by atoms with Crippen molar-refractivity contribution in [2.75, 3.05) is 24.7 Å². The molecule has 0 aromatic rings. The van der Waals surface area contributed by atoms with E-state index in [1.165, 1.54) is 0 Å². The van der Waals surface area contributed by atoms with E-state index in [9.17, 15) is 19.2 Å². The molecular weight excluding hydrogens is 348 g/mol. The van der Waals surface area contributed by atoms with Crippen molar-refractivity contribution in [2.24, 2.45) is 5.73 Å². The molecule has 3 unspecified atom stereocenters. The molecule has 0 saturated carbocycles. The third-order valence-electron chi connectivity index (χ3n) is 2.58. The van der Waals surface area contributed by atoms with Crippen molar-refractivity contribution in [2.45, 2.75) is 18.1 Å². The quantitative estimate of drug-likeness (QED) is 0.184. The monoisotopic (exact) mass is 368 g/mol. The van der Waals surface area contributed by atoms with E-state index in [0.717, 1.165) is 0 Å². The lowest BCUT2D eigenvalue weighted by Crippen LogP contribution is -2.57. The summed E-state index contributed by atoms with van der Waals surface area (Å²) in [6, 6.07) is -3.36. The maximum Gasteiger partial charge on any atom is 0.322 e. The normalized spacial score (nSPS) is 14.3. The van der Waals surface area contributed by atoms with E-state index in [1.54, 1.807) is 0 Å². The van der Waals surface area contributed by atoms with Crippen LogP contribution < -0.4 is 21.7 Å². The maximum absolute atomic E-state index is 12.0. The highest BCUT2D eigenvalue weighted by molar-refractivity contribution is 7.80. The van der Waals surface area contributed by atoms with Gasteiger partial charge in [-0.05, 0) is 0 Å². The number of aliphatic hydroxyl groups is 1. The van der Waals surface area contributed by atoms with Crippen LogP contribution in [0.5, 0.6) is 0 Å². The fraction of sp³-hybridized carbons (Fsp3) is 0.636. The maximum atomic E-state index is 12.0. The van der Waals surface area contributed by atoms with Crippen LogP contribution in [0, 0.1) is 0 Å². The number of carbonyl (C=O) groups excluding carboxylic acids is 3. The van der Waals surface area contributed by atoms with E-state index in [-0.39, 0.29) is 11.5 Å². The zero-order valence-corrected chi connectivity index (χ0v) is 13.8. The zero-order chi connectivity index (χ0) is 18.0. The molecule has 0 fully saturated rings. The van der Waals surface area contributed by atoms with Crippen LogP contribution in [0.2, 0.25) is 0 Å². The lowest BCUT2D eigenvalue weighted by molar-refractivity contribution is -0.138. The second-order valence-corrected chi connectivity index (χ2v) is 5.12. The van der Waals surface area contributed by atoms with Gasteiger partial charge in [0, 0.05) is 11.5 Å². The second-order valence-electron chi connectivity index (χ2n) is 4.39. The van der Waals surface area contributed by atoms with E-state index in [2.05, 4.69) is 35.9 Å². The highest BCUT2D eigenvalue weighted by Crippen LogP contribution is 1.94. The van der Waals surface area contributed by atoms with Gasteiger partial charge in [-0.3, -0.25) is 19.2 Å². The Labute approximate surface area is 143 Å². The van der Waals surface area contributed by atoms with Gasteiger partial charge in [0.05, 0.1) is 12.6 Å². The zero-order valence-electron chi connectivity index (χ0n) is 12.1. The standard InChI is InChI=1S/C11H20N4O6S2/c12-5(3-22)9(19)15-7(4-23)11(21)14-6(2-16)10(20)13-1-8(17)18/h5-7,16,22-23H,1-4,12H2,(H,13,20)(H,14,21)(H,15,19)(H,17,18). The molecule has 0 bridgehead atoms. The predicted molar refractivity (Wildman–Crippen MR) is 87.3 cm³/mol. The molecule has 23 heavy (non-hydrogen) atoms. The highest BCUT2D eigenvalue weighted by atomic mass is 32.1. The number of amides is 3. The molecule has 3 atom stereocenters. The van der Waals surface area contributed by atoms with Crippen molar-refractivity contribution in [3.8, 4) is 0 Å². The molecule has 0 aliphatic heterocycles. The number of aliphatic carboxylic acids is 1. The summed E-state index contributed by atoms with van der Waals surface area (Å²) in [5.41, 5.74) is 5.46. The van der Waals surface area contributed by atoms with Crippen LogP contribution in [0.1, 0.15) is 0 Å². The SMILES string of the molecule is NC(CS)C(=O)NC(CS)C(=O)NC(CO)C(=O)NCC(=O)O. The van der Waals surface area contributed by atoms with Crippen molar-refractivity contribution >= 4 is 48.9 Å². The van der Waals surface area contributed by atoms with Gasteiger partial charge in [-0.1, -0.05) is 0 Å². The number of hydrogen-bond donors (Lipinski definition) is 8.